The Bertz CT molecular complexity index is 3370. The van der Waals surface area contributed by atoms with Gasteiger partial charge in [0.05, 0.1) is 33.3 Å². The van der Waals surface area contributed by atoms with E-state index in [-0.39, 0.29) is 69.5 Å². The molecule has 3 N–H and O–H groups in total. The number of nitrogens with one attached hydrogen (secondary N) is 2. The lowest BCUT2D eigenvalue weighted by molar-refractivity contribution is -0.165. The minimum absolute atomic E-state index is 0.0139. The van der Waals surface area contributed by atoms with E-state index in [1.165, 1.54) is 82.2 Å². The molecule has 0 aromatic heterocycles. The van der Waals surface area contributed by atoms with E-state index in [0.717, 1.165) is 22.1 Å². The molecule has 0 aliphatic carbocycles. The van der Waals surface area contributed by atoms with Crippen LogP contribution in [0.3, 0.4) is 0 Å². The van der Waals surface area contributed by atoms with Crippen molar-refractivity contribution in [2.75, 3.05) is 75.3 Å². The fourth-order valence-electron chi connectivity index (χ4n) is 10.8. The molecule has 0 saturated carbocycles. The summed E-state index contributed by atoms with van der Waals surface area (Å²) in [5.41, 5.74) is 1.63. The molecule has 0 radical (unpaired) electrons. The van der Waals surface area contributed by atoms with Gasteiger partial charge >= 0.3 is 11.9 Å². The number of hydrogen-bond donors (Lipinski definition) is 3. The largest absolute Gasteiger partial charge is 0.508 e. The molecule has 2 aliphatic rings. The molecule has 22 nitrogen and oxygen atoms in total. The number of phenolic OH excluding ortho intramolecular Hbond substituents is 1. The van der Waals surface area contributed by atoms with Crippen LogP contribution < -0.4 is 29.6 Å². The number of piperidine rings is 1. The van der Waals surface area contributed by atoms with Crippen LogP contribution in [0.15, 0.2) is 133 Å². The lowest BCUT2D eigenvalue weighted by Crippen LogP contribution is -2.57. The molecule has 5 aromatic carbocycles. The van der Waals surface area contributed by atoms with Crippen molar-refractivity contribution in [3.8, 4) is 28.7 Å². The van der Waals surface area contributed by atoms with Gasteiger partial charge in [0, 0.05) is 59.6 Å². The number of amides is 6. The van der Waals surface area contributed by atoms with Crippen molar-refractivity contribution in [1.29, 1.82) is 0 Å². The summed E-state index contributed by atoms with van der Waals surface area (Å²) in [6.07, 6.45) is 3.50. The molecule has 0 spiro atoms. The average molecular weight is 1250 g/mol. The first-order chi connectivity index (χ1) is 43.6. The molecule has 2 bridgehead atoms. The van der Waals surface area contributed by atoms with Crippen LogP contribution in [0.2, 0.25) is 0 Å². The van der Waals surface area contributed by atoms with Gasteiger partial charge in [0.15, 0.2) is 18.1 Å². The molecular formula is C69H82N6O16. The number of fused-ring (bicyclic) bond motifs is 3. The number of Topliss-reactive ketones (excluding diaryl/α,β-unsaturated/α-hetero) is 1. The third kappa shape index (κ3) is 19.1. The molecule has 91 heavy (non-hydrogen) atoms. The zero-order valence-corrected chi connectivity index (χ0v) is 52.8. The smallest absolute Gasteiger partial charge is 0.330 e. The number of nitrogens with zero attached hydrogens (tertiary/aromatic N) is 4. The molecule has 1 fully saturated rings. The minimum atomic E-state index is -1.53. The summed E-state index contributed by atoms with van der Waals surface area (Å²) in [5.74, 6) is -5.24. The van der Waals surface area contributed by atoms with Crippen LogP contribution in [-0.2, 0) is 78.3 Å². The highest BCUT2D eigenvalue weighted by Gasteiger charge is 2.43. The van der Waals surface area contributed by atoms with Gasteiger partial charge in [-0.05, 0) is 117 Å². The van der Waals surface area contributed by atoms with Crippen LogP contribution in [0, 0.1) is 5.41 Å². The molecule has 5 aromatic rings. The third-order valence-electron chi connectivity index (χ3n) is 16.1. The Morgan fingerprint density at radius 2 is 1.26 bits per heavy atom. The van der Waals surface area contributed by atoms with E-state index in [9.17, 15) is 48.3 Å². The Balaban J connectivity index is 1.23. The van der Waals surface area contributed by atoms with Crippen LogP contribution in [0.25, 0.3) is 0 Å². The number of hydrogen-bond acceptors (Lipinski definition) is 16. The van der Waals surface area contributed by atoms with E-state index in [4.69, 9.17) is 28.4 Å². The molecule has 22 heteroatoms. The Morgan fingerprint density at radius 3 is 1.89 bits per heavy atom. The van der Waals surface area contributed by atoms with Crippen LogP contribution in [0.5, 0.6) is 28.7 Å². The zero-order chi connectivity index (χ0) is 65.8. The third-order valence-corrected chi connectivity index (χ3v) is 16.1. The van der Waals surface area contributed by atoms with Crippen molar-refractivity contribution in [2.24, 2.45) is 5.41 Å². The summed E-state index contributed by atoms with van der Waals surface area (Å²) in [5, 5.41) is 15.9. The van der Waals surface area contributed by atoms with Gasteiger partial charge in [-0.25, -0.2) is 9.59 Å². The van der Waals surface area contributed by atoms with Gasteiger partial charge in [0.25, 0.3) is 11.8 Å². The SMILES string of the molecule is COc1cc(CC[C@H]2OC(=O)[C@@H]3CCCCN3C(=O)C(=O)C(C)(C)COC(=O)/C=C/CCN(C)C(=O)[C@@H](Cc3ccccc3)NC(=O)CN(C)C(=O)[C@@H](Cc3ccccc3)NC(=O)[C@H](Cc3ccc(O)cc3)N(C)C(=O)COc3cccc2c3)cc(OC)c1OC. The maximum atomic E-state index is 14.9. The number of benzene rings is 5. The number of carbonyl (C=O) groups is 9. The first kappa shape index (κ1) is 68.8. The number of phenols is 1. The predicted octanol–water partition coefficient (Wildman–Crippen LogP) is 5.93. The van der Waals surface area contributed by atoms with Gasteiger partial charge in [-0.2, -0.15) is 0 Å². The highest BCUT2D eigenvalue weighted by atomic mass is 16.6. The number of methoxy groups -OCH3 is 3. The van der Waals surface area contributed by atoms with Crippen molar-refractivity contribution in [1.82, 2.24) is 30.2 Å². The predicted molar refractivity (Wildman–Crippen MR) is 336 cm³/mol. The minimum Gasteiger partial charge on any atom is -0.508 e. The number of aromatic hydroxyl groups is 1. The summed E-state index contributed by atoms with van der Waals surface area (Å²) in [6.45, 7) is 1.51. The van der Waals surface area contributed by atoms with Gasteiger partial charge in [-0.3, -0.25) is 33.6 Å². The summed E-state index contributed by atoms with van der Waals surface area (Å²) in [6, 6.07) is 29.3. The Morgan fingerprint density at radius 1 is 0.648 bits per heavy atom. The number of esters is 2. The second kappa shape index (κ2) is 32.7. The van der Waals surface area contributed by atoms with Crippen molar-refractivity contribution >= 4 is 53.2 Å². The van der Waals surface area contributed by atoms with E-state index < -0.39 is 109 Å². The van der Waals surface area contributed by atoms with Crippen molar-refractivity contribution in [3.63, 3.8) is 0 Å². The average Bonchev–Trinajstić information content (AvgIpc) is 2.87. The van der Waals surface area contributed by atoms with E-state index in [0.29, 0.717) is 46.8 Å². The second-order valence-corrected chi connectivity index (χ2v) is 23.3. The molecule has 0 unspecified atom stereocenters. The van der Waals surface area contributed by atoms with E-state index in [2.05, 4.69) is 10.6 Å². The van der Waals surface area contributed by atoms with Crippen LogP contribution in [0.4, 0.5) is 0 Å². The number of aryl methyl sites for hydroxylation is 1. The number of carbonyl (C=O) groups excluding carboxylic acids is 9. The maximum absolute atomic E-state index is 14.9. The van der Waals surface area contributed by atoms with Crippen LogP contribution >= 0.6 is 0 Å². The van der Waals surface area contributed by atoms with E-state index in [1.54, 1.807) is 110 Å². The van der Waals surface area contributed by atoms with Crippen molar-refractivity contribution < 1.29 is 76.7 Å². The highest BCUT2D eigenvalue weighted by Crippen LogP contribution is 2.39. The molecule has 484 valence electrons. The molecule has 2 aliphatic heterocycles. The molecule has 7 rings (SSSR count). The molecule has 6 amide bonds. The number of cyclic esters (lactones) is 2. The fourth-order valence-corrected chi connectivity index (χ4v) is 10.8. The Labute approximate surface area is 530 Å². The summed E-state index contributed by atoms with van der Waals surface area (Å²) in [4.78, 5) is 133. The Hall–Kier alpha value is -9.73. The summed E-state index contributed by atoms with van der Waals surface area (Å²) >= 11 is 0. The molecule has 2 heterocycles. The van der Waals surface area contributed by atoms with Gasteiger partial charge in [-0.15, -0.1) is 0 Å². The second-order valence-electron chi connectivity index (χ2n) is 23.3. The monoisotopic (exact) mass is 1250 g/mol. The van der Waals surface area contributed by atoms with Gasteiger partial charge in [0.1, 0.15) is 48.4 Å². The van der Waals surface area contributed by atoms with Crippen LogP contribution in [0.1, 0.15) is 79.9 Å². The summed E-state index contributed by atoms with van der Waals surface area (Å²) in [7, 11) is 8.83. The van der Waals surface area contributed by atoms with E-state index >= 15 is 0 Å². The quantitative estimate of drug-likeness (QED) is 0.0964. The highest BCUT2D eigenvalue weighted by molar-refractivity contribution is 6.38. The van der Waals surface area contributed by atoms with E-state index in [1.807, 2.05) is 6.07 Å². The van der Waals surface area contributed by atoms with Crippen molar-refractivity contribution in [2.45, 2.75) is 102 Å². The van der Waals surface area contributed by atoms with Gasteiger partial charge in [0.2, 0.25) is 35.2 Å². The van der Waals surface area contributed by atoms with Crippen molar-refractivity contribution in [3.05, 3.63) is 161 Å². The first-order valence-electron chi connectivity index (χ1n) is 30.2. The van der Waals surface area contributed by atoms with Gasteiger partial charge < -0.3 is 63.8 Å². The number of ether oxygens (including phenoxy) is 6. The molecule has 1 saturated heterocycles. The molecule has 5 atom stereocenters. The lowest BCUT2D eigenvalue weighted by atomic mass is 9.87. The van der Waals surface area contributed by atoms with Crippen LogP contribution in [-0.4, -0.2) is 177 Å². The summed E-state index contributed by atoms with van der Waals surface area (Å²) < 4.78 is 34.8. The number of ketones is 1. The Kier molecular flexibility index (Phi) is 24.7. The molecular weight excluding hydrogens is 1170 g/mol. The maximum Gasteiger partial charge on any atom is 0.330 e. The number of likely N-dealkylation sites (N-methyl/N-ethyl adjacent to an activating group) is 3. The number of rotatable bonds is 12. The zero-order valence-electron chi connectivity index (χ0n) is 52.8. The first-order valence-corrected chi connectivity index (χ1v) is 30.2. The standard InChI is InChI=1S/C69H82N6O16/c1-69(2)44-90-61(79)27-16-17-34-72(3)65(82)52(36-45-20-11-9-12-21-45)70-59(77)42-73(4)66(83)53(37-46-22-13-10-14-23-46)71-64(81)55(38-47-28-31-50(76)32-29-47)74(5)60(78)43-89-51-25-19-24-49(41-51)56(33-30-48-39-57(86-6)62(88-8)58(40-48)87-7)91-68(85)54-26-15-18-35-75(54)67(84)63(69)80/h9-14,16,19-25,27-29,31-32,39-41,52-56,76H,15,17-18,26,30,33-38,42-44H2,1-8H3,(H,70,77)(H,71,81)/b27-16+/t52-,53-,54+,55+,56-/m1/s1. The topological polar surface area (TPSA) is 266 Å². The normalized spacial score (nSPS) is 21.2. The lowest BCUT2D eigenvalue weighted by Gasteiger charge is -2.36. The van der Waals surface area contributed by atoms with Gasteiger partial charge in [-0.1, -0.05) is 91.0 Å². The fraction of sp³-hybridized carbons (Fsp3) is 0.406.